The molecule has 1 aromatic carbocycles. The van der Waals surface area contributed by atoms with Gasteiger partial charge in [0.1, 0.15) is 0 Å². The molecule has 1 aliphatic rings. The standard InChI is InChI=1S/C14H19BrN2S/c1-10(11-5-4-6-12(15)9-11)16-14(18)17-13-7-2-3-8-13/h4-6,9-10,13H,2-3,7-8H2,1H3,(H2,16,17,18). The van der Waals surface area contributed by atoms with E-state index in [1.165, 1.54) is 31.2 Å². The third-order valence-corrected chi connectivity index (χ3v) is 4.12. The van der Waals surface area contributed by atoms with Crippen molar-refractivity contribution in [3.05, 3.63) is 34.3 Å². The third kappa shape index (κ3) is 3.95. The van der Waals surface area contributed by atoms with Crippen molar-refractivity contribution >= 4 is 33.3 Å². The topological polar surface area (TPSA) is 24.1 Å². The van der Waals surface area contributed by atoms with Crippen molar-refractivity contribution in [2.75, 3.05) is 0 Å². The van der Waals surface area contributed by atoms with Gasteiger partial charge in [0.2, 0.25) is 0 Å². The first kappa shape index (κ1) is 13.8. The lowest BCUT2D eigenvalue weighted by atomic mass is 10.1. The van der Waals surface area contributed by atoms with E-state index in [2.05, 4.69) is 45.6 Å². The average molecular weight is 327 g/mol. The van der Waals surface area contributed by atoms with Crippen LogP contribution in [-0.2, 0) is 0 Å². The molecule has 0 bridgehead atoms. The van der Waals surface area contributed by atoms with E-state index < -0.39 is 0 Å². The second-order valence-corrected chi connectivity index (χ2v) is 6.20. The van der Waals surface area contributed by atoms with E-state index in [1.54, 1.807) is 0 Å². The highest BCUT2D eigenvalue weighted by Gasteiger charge is 2.16. The zero-order valence-corrected chi connectivity index (χ0v) is 13.0. The molecule has 0 amide bonds. The third-order valence-electron chi connectivity index (χ3n) is 3.39. The van der Waals surface area contributed by atoms with Gasteiger partial charge in [-0.15, -0.1) is 0 Å². The molecule has 1 fully saturated rings. The van der Waals surface area contributed by atoms with Crippen LogP contribution in [0.2, 0.25) is 0 Å². The van der Waals surface area contributed by atoms with Crippen molar-refractivity contribution in [3.8, 4) is 0 Å². The Hall–Kier alpha value is -0.610. The van der Waals surface area contributed by atoms with Gasteiger partial charge in [0.25, 0.3) is 0 Å². The Morgan fingerprint density at radius 1 is 1.39 bits per heavy atom. The average Bonchev–Trinajstić information content (AvgIpc) is 2.81. The molecule has 1 aromatic rings. The first-order valence-corrected chi connectivity index (χ1v) is 7.68. The van der Waals surface area contributed by atoms with E-state index in [0.717, 1.165) is 9.59 Å². The van der Waals surface area contributed by atoms with Gasteiger partial charge < -0.3 is 10.6 Å². The Morgan fingerprint density at radius 3 is 2.78 bits per heavy atom. The molecule has 2 N–H and O–H groups in total. The molecule has 2 rings (SSSR count). The molecule has 1 aliphatic carbocycles. The normalized spacial score (nSPS) is 17.4. The lowest BCUT2D eigenvalue weighted by Crippen LogP contribution is -2.41. The van der Waals surface area contributed by atoms with E-state index in [4.69, 9.17) is 12.2 Å². The maximum absolute atomic E-state index is 5.37. The van der Waals surface area contributed by atoms with Gasteiger partial charge in [-0.25, -0.2) is 0 Å². The fraction of sp³-hybridized carbons (Fsp3) is 0.500. The van der Waals surface area contributed by atoms with Gasteiger partial charge in [-0.05, 0) is 49.7 Å². The Balaban J connectivity index is 1.86. The molecule has 1 atom stereocenters. The highest BCUT2D eigenvalue weighted by Crippen LogP contribution is 2.19. The second kappa shape index (κ2) is 6.53. The van der Waals surface area contributed by atoms with Gasteiger partial charge in [0, 0.05) is 10.5 Å². The first-order valence-electron chi connectivity index (χ1n) is 6.47. The van der Waals surface area contributed by atoms with Crippen LogP contribution in [0.1, 0.15) is 44.2 Å². The van der Waals surface area contributed by atoms with E-state index in [9.17, 15) is 0 Å². The molecular weight excluding hydrogens is 308 g/mol. The van der Waals surface area contributed by atoms with Gasteiger partial charge in [-0.1, -0.05) is 40.9 Å². The van der Waals surface area contributed by atoms with Gasteiger partial charge in [-0.2, -0.15) is 0 Å². The zero-order valence-electron chi connectivity index (χ0n) is 10.6. The van der Waals surface area contributed by atoms with Crippen LogP contribution in [0, 0.1) is 0 Å². The molecule has 0 aliphatic heterocycles. The maximum atomic E-state index is 5.37. The van der Waals surface area contributed by atoms with Gasteiger partial charge in [-0.3, -0.25) is 0 Å². The quantitative estimate of drug-likeness (QED) is 0.823. The molecule has 0 saturated heterocycles. The van der Waals surface area contributed by atoms with Crippen LogP contribution in [0.25, 0.3) is 0 Å². The largest absolute Gasteiger partial charge is 0.360 e. The Labute approximate surface area is 123 Å². The smallest absolute Gasteiger partial charge is 0.166 e. The molecule has 18 heavy (non-hydrogen) atoms. The van der Waals surface area contributed by atoms with Crippen LogP contribution < -0.4 is 10.6 Å². The molecule has 4 heteroatoms. The van der Waals surface area contributed by atoms with Crippen LogP contribution in [-0.4, -0.2) is 11.2 Å². The van der Waals surface area contributed by atoms with E-state index in [1.807, 2.05) is 12.1 Å². The first-order chi connectivity index (χ1) is 8.65. The predicted molar refractivity (Wildman–Crippen MR) is 83.7 cm³/mol. The number of thiocarbonyl (C=S) groups is 1. The summed E-state index contributed by atoms with van der Waals surface area (Å²) in [6, 6.07) is 9.11. The summed E-state index contributed by atoms with van der Waals surface area (Å²) in [6.45, 7) is 2.13. The fourth-order valence-corrected chi connectivity index (χ4v) is 3.11. The van der Waals surface area contributed by atoms with Crippen molar-refractivity contribution in [2.45, 2.75) is 44.7 Å². The molecular formula is C14H19BrN2S. The Morgan fingerprint density at radius 2 is 2.11 bits per heavy atom. The molecule has 0 heterocycles. The van der Waals surface area contributed by atoms with Crippen molar-refractivity contribution in [1.82, 2.24) is 10.6 Å². The molecule has 1 saturated carbocycles. The summed E-state index contributed by atoms with van der Waals surface area (Å²) in [7, 11) is 0. The van der Waals surface area contributed by atoms with E-state index >= 15 is 0 Å². The molecule has 2 nitrogen and oxygen atoms in total. The molecule has 0 aromatic heterocycles. The second-order valence-electron chi connectivity index (χ2n) is 4.88. The summed E-state index contributed by atoms with van der Waals surface area (Å²) in [5.74, 6) is 0. The molecule has 1 unspecified atom stereocenters. The number of nitrogens with one attached hydrogen (secondary N) is 2. The minimum absolute atomic E-state index is 0.226. The Bertz CT molecular complexity index is 416. The monoisotopic (exact) mass is 326 g/mol. The van der Waals surface area contributed by atoms with Crippen LogP contribution in [0.3, 0.4) is 0 Å². The highest BCUT2D eigenvalue weighted by molar-refractivity contribution is 9.10. The van der Waals surface area contributed by atoms with Crippen LogP contribution in [0.15, 0.2) is 28.7 Å². The molecule has 0 radical (unpaired) electrons. The van der Waals surface area contributed by atoms with Crippen LogP contribution >= 0.6 is 28.1 Å². The summed E-state index contributed by atoms with van der Waals surface area (Å²) < 4.78 is 1.10. The SMILES string of the molecule is CC(NC(=S)NC1CCCC1)c1cccc(Br)c1. The predicted octanol–water partition coefficient (Wildman–Crippen LogP) is 3.92. The van der Waals surface area contributed by atoms with Crippen molar-refractivity contribution in [1.29, 1.82) is 0 Å². The van der Waals surface area contributed by atoms with Crippen molar-refractivity contribution < 1.29 is 0 Å². The van der Waals surface area contributed by atoms with Gasteiger partial charge in [0.05, 0.1) is 6.04 Å². The number of hydrogen-bond acceptors (Lipinski definition) is 1. The summed E-state index contributed by atoms with van der Waals surface area (Å²) in [5.41, 5.74) is 1.24. The van der Waals surface area contributed by atoms with Crippen LogP contribution in [0.5, 0.6) is 0 Å². The number of benzene rings is 1. The number of halogens is 1. The Kier molecular flexibility index (Phi) is 5.01. The number of hydrogen-bond donors (Lipinski definition) is 2. The summed E-state index contributed by atoms with van der Waals surface area (Å²) in [4.78, 5) is 0. The molecule has 0 spiro atoms. The van der Waals surface area contributed by atoms with E-state index in [0.29, 0.717) is 6.04 Å². The summed E-state index contributed by atoms with van der Waals surface area (Å²) >= 11 is 8.86. The maximum Gasteiger partial charge on any atom is 0.166 e. The number of rotatable bonds is 3. The minimum atomic E-state index is 0.226. The van der Waals surface area contributed by atoms with Crippen LogP contribution in [0.4, 0.5) is 0 Å². The lowest BCUT2D eigenvalue weighted by molar-refractivity contribution is 0.605. The molecule has 98 valence electrons. The fourth-order valence-electron chi connectivity index (χ4n) is 2.35. The van der Waals surface area contributed by atoms with Gasteiger partial charge in [0.15, 0.2) is 5.11 Å². The summed E-state index contributed by atoms with van der Waals surface area (Å²) in [5, 5.41) is 7.53. The minimum Gasteiger partial charge on any atom is -0.360 e. The van der Waals surface area contributed by atoms with Gasteiger partial charge >= 0.3 is 0 Å². The van der Waals surface area contributed by atoms with Crippen molar-refractivity contribution in [2.24, 2.45) is 0 Å². The highest BCUT2D eigenvalue weighted by atomic mass is 79.9. The van der Waals surface area contributed by atoms with Crippen molar-refractivity contribution in [3.63, 3.8) is 0 Å². The zero-order chi connectivity index (χ0) is 13.0. The van der Waals surface area contributed by atoms with E-state index in [-0.39, 0.29) is 6.04 Å². The summed E-state index contributed by atoms with van der Waals surface area (Å²) in [6.07, 6.45) is 5.13. The lowest BCUT2D eigenvalue weighted by Gasteiger charge is -2.20.